The van der Waals surface area contributed by atoms with Crippen LogP contribution in [0.1, 0.15) is 68.3 Å². The number of nitrogens with one attached hydrogen (secondary N) is 2. The van der Waals surface area contributed by atoms with Gasteiger partial charge in [-0.15, -0.1) is 0 Å². The molecule has 1 aromatic heterocycles. The lowest BCUT2D eigenvalue weighted by atomic mass is 9.68. The largest absolute Gasteiger partial charge is 0.327 e. The summed E-state index contributed by atoms with van der Waals surface area (Å²) in [6.45, 7) is 5.41. The van der Waals surface area contributed by atoms with Gasteiger partial charge in [0.1, 0.15) is 23.5 Å². The summed E-state index contributed by atoms with van der Waals surface area (Å²) in [6.07, 6.45) is 3.84. The van der Waals surface area contributed by atoms with Crippen LogP contribution < -0.4 is 16.4 Å². The molecule has 1 saturated heterocycles. The maximum absolute atomic E-state index is 14.3. The molecule has 1 spiro atoms. The van der Waals surface area contributed by atoms with Gasteiger partial charge in [0.2, 0.25) is 17.7 Å². The van der Waals surface area contributed by atoms with Crippen LogP contribution in [0.25, 0.3) is 0 Å². The van der Waals surface area contributed by atoms with Gasteiger partial charge in [0.15, 0.2) is 0 Å². The normalized spacial score (nSPS) is 24.5. The van der Waals surface area contributed by atoms with Gasteiger partial charge in [0.25, 0.3) is 0 Å². The molecule has 43 heavy (non-hydrogen) atoms. The van der Waals surface area contributed by atoms with Crippen molar-refractivity contribution >= 4 is 29.2 Å². The smallest absolute Gasteiger partial charge is 0.246 e. The number of likely N-dealkylation sites (tertiary alicyclic amines) is 1. The third-order valence-electron chi connectivity index (χ3n) is 9.96. The summed E-state index contributed by atoms with van der Waals surface area (Å²) >= 11 is 0. The molecular formula is C33H35F2N5O3. The van der Waals surface area contributed by atoms with Crippen molar-refractivity contribution in [3.63, 3.8) is 0 Å². The predicted octanol–water partition coefficient (Wildman–Crippen LogP) is 4.78. The van der Waals surface area contributed by atoms with Crippen molar-refractivity contribution in [3.8, 4) is 0 Å². The molecule has 3 aliphatic rings. The minimum Gasteiger partial charge on any atom is -0.327 e. The van der Waals surface area contributed by atoms with Crippen molar-refractivity contribution < 1.29 is 23.2 Å². The SMILES string of the molecule is CCC1(CC)C(=O)N(C(C)C(=O)Nc2ccc3c(c2)C[C@@]2(C3)C(=O)Nc3ncccc32)C(c2cc(F)cc(F)c2)CC1N. The van der Waals surface area contributed by atoms with Crippen LogP contribution >= 0.6 is 0 Å². The summed E-state index contributed by atoms with van der Waals surface area (Å²) in [4.78, 5) is 46.7. The van der Waals surface area contributed by atoms with Gasteiger partial charge >= 0.3 is 0 Å². The predicted molar refractivity (Wildman–Crippen MR) is 158 cm³/mol. The van der Waals surface area contributed by atoms with Crippen LogP contribution in [-0.2, 0) is 32.6 Å². The molecule has 4 N–H and O–H groups in total. The average Bonchev–Trinajstić information content (AvgIpc) is 3.49. The van der Waals surface area contributed by atoms with Crippen LogP contribution in [0.2, 0.25) is 0 Å². The molecular weight excluding hydrogens is 552 g/mol. The highest BCUT2D eigenvalue weighted by molar-refractivity contribution is 6.06. The summed E-state index contributed by atoms with van der Waals surface area (Å²) < 4.78 is 28.6. The van der Waals surface area contributed by atoms with Crippen molar-refractivity contribution in [2.75, 3.05) is 10.6 Å². The summed E-state index contributed by atoms with van der Waals surface area (Å²) in [6, 6.07) is 10.2. The number of amides is 3. The van der Waals surface area contributed by atoms with Crippen molar-refractivity contribution in [2.24, 2.45) is 11.1 Å². The first-order valence-corrected chi connectivity index (χ1v) is 14.8. The molecule has 0 radical (unpaired) electrons. The molecule has 2 aromatic carbocycles. The molecule has 3 amide bonds. The van der Waals surface area contributed by atoms with Gasteiger partial charge in [0.05, 0.1) is 16.9 Å². The number of hydrogen-bond donors (Lipinski definition) is 3. The minimum atomic E-state index is -0.966. The lowest BCUT2D eigenvalue weighted by Crippen LogP contribution is -2.63. The van der Waals surface area contributed by atoms with Crippen LogP contribution in [0, 0.1) is 17.0 Å². The Morgan fingerprint density at radius 3 is 2.49 bits per heavy atom. The summed E-state index contributed by atoms with van der Waals surface area (Å²) in [5.41, 5.74) is 8.55. The van der Waals surface area contributed by atoms with E-state index in [1.807, 2.05) is 38.1 Å². The van der Waals surface area contributed by atoms with E-state index in [-0.39, 0.29) is 23.8 Å². The molecule has 3 aromatic rings. The van der Waals surface area contributed by atoms with Crippen molar-refractivity contribution in [1.82, 2.24) is 9.88 Å². The summed E-state index contributed by atoms with van der Waals surface area (Å²) in [5.74, 6) is -1.77. The maximum atomic E-state index is 14.3. The number of fused-ring (bicyclic) bond motifs is 3. The molecule has 0 saturated carbocycles. The Bertz CT molecular complexity index is 1620. The number of carbonyl (C=O) groups is 3. The van der Waals surface area contributed by atoms with E-state index in [1.54, 1.807) is 19.2 Å². The molecule has 0 bridgehead atoms. The standard InChI is InChI=1S/C33H35F2N5O3/c1-4-32(5-2)27(36)15-26(20-11-22(34)14-23(35)12-20)40(31(32)43)18(3)29(41)38-24-9-8-19-16-33(17-21(19)13-24)25-7-6-10-37-28(25)39-30(33)42/h6-14,18,26-27H,4-5,15-17,36H2,1-3H3,(H,38,41)(H,37,39,42)/t18?,26?,27?,33-/m1/s1. The second-order valence-corrected chi connectivity index (χ2v) is 12.1. The van der Waals surface area contributed by atoms with E-state index < -0.39 is 46.5 Å². The highest BCUT2D eigenvalue weighted by atomic mass is 19.1. The second-order valence-electron chi connectivity index (χ2n) is 12.1. The van der Waals surface area contributed by atoms with Crippen LogP contribution in [0.3, 0.4) is 0 Å². The quantitative estimate of drug-likeness (QED) is 0.384. The molecule has 1 fully saturated rings. The summed E-state index contributed by atoms with van der Waals surface area (Å²) in [7, 11) is 0. The molecule has 4 atom stereocenters. The zero-order valence-corrected chi connectivity index (χ0v) is 24.4. The Kier molecular flexibility index (Phi) is 7.07. The molecule has 8 nitrogen and oxygen atoms in total. The van der Waals surface area contributed by atoms with E-state index >= 15 is 0 Å². The fraction of sp³-hybridized carbons (Fsp3) is 0.394. The van der Waals surface area contributed by atoms with Crippen LogP contribution in [0.15, 0.2) is 54.7 Å². The van der Waals surface area contributed by atoms with Crippen LogP contribution in [0.5, 0.6) is 0 Å². The Morgan fingerprint density at radius 2 is 1.79 bits per heavy atom. The highest BCUT2D eigenvalue weighted by Crippen LogP contribution is 2.48. The molecule has 3 unspecified atom stereocenters. The van der Waals surface area contributed by atoms with Gasteiger partial charge in [-0.1, -0.05) is 26.0 Å². The van der Waals surface area contributed by atoms with Crippen molar-refractivity contribution in [2.45, 2.75) is 76.4 Å². The van der Waals surface area contributed by atoms with E-state index in [4.69, 9.17) is 5.73 Å². The van der Waals surface area contributed by atoms with Gasteiger partial charge < -0.3 is 21.3 Å². The molecule has 1 aliphatic carbocycles. The minimum absolute atomic E-state index is 0.0893. The number of anilines is 2. The molecule has 2 aliphatic heterocycles. The first-order valence-electron chi connectivity index (χ1n) is 14.8. The molecule has 6 rings (SSSR count). The van der Waals surface area contributed by atoms with Gasteiger partial charge in [0, 0.05) is 29.6 Å². The zero-order valence-electron chi connectivity index (χ0n) is 24.4. The third-order valence-corrected chi connectivity index (χ3v) is 9.96. The van der Waals surface area contributed by atoms with Gasteiger partial charge in [-0.25, -0.2) is 13.8 Å². The molecule has 10 heteroatoms. The topological polar surface area (TPSA) is 117 Å². The second kappa shape index (κ2) is 10.5. The number of piperidine rings is 1. The number of rotatable bonds is 6. The molecule has 224 valence electrons. The van der Waals surface area contributed by atoms with E-state index in [0.29, 0.717) is 37.2 Å². The first kappa shape index (κ1) is 28.9. The first-order chi connectivity index (χ1) is 20.5. The highest BCUT2D eigenvalue weighted by Gasteiger charge is 2.53. The maximum Gasteiger partial charge on any atom is 0.246 e. The zero-order chi connectivity index (χ0) is 30.7. The number of benzene rings is 2. The third kappa shape index (κ3) is 4.50. The lowest BCUT2D eigenvalue weighted by molar-refractivity contribution is -0.158. The van der Waals surface area contributed by atoms with Gasteiger partial charge in [-0.3, -0.25) is 14.4 Å². The summed E-state index contributed by atoms with van der Waals surface area (Å²) in [5, 5.41) is 5.84. The number of pyridine rings is 1. The van der Waals surface area contributed by atoms with E-state index in [0.717, 1.165) is 22.8 Å². The van der Waals surface area contributed by atoms with Crippen LogP contribution in [-0.4, -0.2) is 39.7 Å². The number of carbonyl (C=O) groups excluding carboxylic acids is 3. The Labute approximate surface area is 249 Å². The Morgan fingerprint density at radius 1 is 1.09 bits per heavy atom. The fourth-order valence-electron chi connectivity index (χ4n) is 7.44. The lowest BCUT2D eigenvalue weighted by Gasteiger charge is -2.51. The number of halogens is 2. The van der Waals surface area contributed by atoms with E-state index in [2.05, 4.69) is 15.6 Å². The van der Waals surface area contributed by atoms with E-state index in [1.165, 1.54) is 17.0 Å². The number of hydrogen-bond acceptors (Lipinski definition) is 5. The Balaban J connectivity index is 1.28. The van der Waals surface area contributed by atoms with Gasteiger partial charge in [-0.2, -0.15) is 0 Å². The Hall–Kier alpha value is -4.18. The number of nitrogens with two attached hydrogens (primary N) is 1. The van der Waals surface area contributed by atoms with Crippen molar-refractivity contribution in [3.05, 3.63) is 88.6 Å². The number of aromatic nitrogens is 1. The average molecular weight is 588 g/mol. The van der Waals surface area contributed by atoms with E-state index in [9.17, 15) is 23.2 Å². The van der Waals surface area contributed by atoms with Gasteiger partial charge in [-0.05, 0) is 86.1 Å². The molecule has 3 heterocycles. The van der Waals surface area contributed by atoms with Crippen molar-refractivity contribution in [1.29, 1.82) is 0 Å². The monoisotopic (exact) mass is 587 g/mol. The fourth-order valence-corrected chi connectivity index (χ4v) is 7.44. The van der Waals surface area contributed by atoms with Crippen LogP contribution in [0.4, 0.5) is 20.3 Å². The number of nitrogens with zero attached hydrogens (tertiary/aromatic N) is 2.